The number of rotatable bonds is 9. The van der Waals surface area contributed by atoms with Crippen LogP contribution >= 0.6 is 0 Å². The van der Waals surface area contributed by atoms with Crippen molar-refractivity contribution in [3.63, 3.8) is 0 Å². The van der Waals surface area contributed by atoms with Crippen LogP contribution in [0.1, 0.15) is 53.4 Å². The van der Waals surface area contributed by atoms with Gasteiger partial charge in [0.2, 0.25) is 0 Å². The molecule has 92 valence electrons. The lowest BCUT2D eigenvalue weighted by Crippen LogP contribution is -2.39. The summed E-state index contributed by atoms with van der Waals surface area (Å²) in [5.74, 6) is 0.782. The van der Waals surface area contributed by atoms with Crippen molar-refractivity contribution in [1.82, 2.24) is 5.32 Å². The molecule has 0 aromatic rings. The molecule has 0 aliphatic heterocycles. The van der Waals surface area contributed by atoms with Gasteiger partial charge in [0.15, 0.2) is 0 Å². The van der Waals surface area contributed by atoms with Crippen LogP contribution in [0.15, 0.2) is 0 Å². The Kier molecular flexibility index (Phi) is 9.12. The zero-order valence-corrected chi connectivity index (χ0v) is 11.2. The lowest BCUT2D eigenvalue weighted by atomic mass is 9.97. The quantitative estimate of drug-likeness (QED) is 0.637. The molecule has 2 unspecified atom stereocenters. The summed E-state index contributed by atoms with van der Waals surface area (Å²) in [6.45, 7) is 9.69. The van der Waals surface area contributed by atoms with Crippen LogP contribution in [0.25, 0.3) is 0 Å². The van der Waals surface area contributed by atoms with Crippen molar-refractivity contribution in [1.29, 1.82) is 0 Å². The number of hydrogen-bond donors (Lipinski definition) is 1. The van der Waals surface area contributed by atoms with Crippen molar-refractivity contribution < 1.29 is 4.74 Å². The summed E-state index contributed by atoms with van der Waals surface area (Å²) in [4.78, 5) is 0. The lowest BCUT2D eigenvalue weighted by Gasteiger charge is -2.27. The third kappa shape index (κ3) is 6.91. The van der Waals surface area contributed by atoms with Gasteiger partial charge < -0.3 is 10.1 Å². The molecule has 0 fully saturated rings. The fourth-order valence-electron chi connectivity index (χ4n) is 1.93. The molecule has 2 heteroatoms. The second-order valence-electron chi connectivity index (χ2n) is 4.65. The Hall–Kier alpha value is -0.0800. The Morgan fingerprint density at radius 3 is 2.13 bits per heavy atom. The predicted octanol–water partition coefficient (Wildman–Crippen LogP) is 3.22. The van der Waals surface area contributed by atoms with Gasteiger partial charge in [0.05, 0.1) is 6.10 Å². The Morgan fingerprint density at radius 1 is 1.07 bits per heavy atom. The van der Waals surface area contributed by atoms with Gasteiger partial charge in [-0.15, -0.1) is 0 Å². The van der Waals surface area contributed by atoms with Crippen LogP contribution in [0.2, 0.25) is 0 Å². The third-order valence-corrected chi connectivity index (χ3v) is 2.83. The van der Waals surface area contributed by atoms with Gasteiger partial charge in [-0.2, -0.15) is 0 Å². The first kappa shape index (κ1) is 14.9. The van der Waals surface area contributed by atoms with Gasteiger partial charge in [-0.1, -0.05) is 27.2 Å². The highest BCUT2D eigenvalue weighted by Gasteiger charge is 2.19. The summed E-state index contributed by atoms with van der Waals surface area (Å²) in [5, 5.41) is 3.40. The van der Waals surface area contributed by atoms with Crippen molar-refractivity contribution >= 4 is 0 Å². The Labute approximate surface area is 95.8 Å². The second-order valence-corrected chi connectivity index (χ2v) is 4.65. The molecular weight excluding hydrogens is 186 g/mol. The molecule has 0 radical (unpaired) electrons. The molecule has 0 aliphatic rings. The summed E-state index contributed by atoms with van der Waals surface area (Å²) in [6, 6.07) is 0.521. The van der Waals surface area contributed by atoms with Gasteiger partial charge in [0, 0.05) is 12.6 Å². The van der Waals surface area contributed by atoms with Crippen molar-refractivity contribution in [3.05, 3.63) is 0 Å². The van der Waals surface area contributed by atoms with Gasteiger partial charge in [0.25, 0.3) is 0 Å². The summed E-state index contributed by atoms with van der Waals surface area (Å²) < 4.78 is 5.81. The molecule has 0 spiro atoms. The van der Waals surface area contributed by atoms with Crippen molar-refractivity contribution in [2.75, 3.05) is 13.7 Å². The van der Waals surface area contributed by atoms with Gasteiger partial charge in [0.1, 0.15) is 0 Å². The zero-order chi connectivity index (χ0) is 11.7. The van der Waals surface area contributed by atoms with E-state index >= 15 is 0 Å². The maximum Gasteiger partial charge on any atom is 0.0727 e. The molecule has 2 nitrogen and oxygen atoms in total. The van der Waals surface area contributed by atoms with Gasteiger partial charge in [-0.25, -0.2) is 0 Å². The minimum absolute atomic E-state index is 0.392. The van der Waals surface area contributed by atoms with E-state index in [9.17, 15) is 0 Å². The van der Waals surface area contributed by atoms with Gasteiger partial charge >= 0.3 is 0 Å². The lowest BCUT2D eigenvalue weighted by molar-refractivity contribution is 0.0266. The van der Waals surface area contributed by atoms with Crippen molar-refractivity contribution in [3.8, 4) is 0 Å². The van der Waals surface area contributed by atoms with E-state index in [-0.39, 0.29) is 0 Å². The first-order valence-electron chi connectivity index (χ1n) is 6.44. The van der Waals surface area contributed by atoms with Gasteiger partial charge in [-0.3, -0.25) is 0 Å². The molecular formula is C13H29NO. The van der Waals surface area contributed by atoms with Crippen LogP contribution in [0.4, 0.5) is 0 Å². The maximum atomic E-state index is 5.81. The fourth-order valence-corrected chi connectivity index (χ4v) is 1.93. The average Bonchev–Trinajstić information content (AvgIpc) is 2.19. The fraction of sp³-hybridized carbons (Fsp3) is 1.00. The number of likely N-dealkylation sites (N-methyl/N-ethyl adjacent to an activating group) is 1. The van der Waals surface area contributed by atoms with E-state index < -0.39 is 0 Å². The molecule has 0 aromatic carbocycles. The number of ether oxygens (including phenoxy) is 1. The van der Waals surface area contributed by atoms with Crippen LogP contribution in [0, 0.1) is 5.92 Å². The molecule has 0 aromatic heterocycles. The largest absolute Gasteiger partial charge is 0.377 e. The minimum atomic E-state index is 0.392. The summed E-state index contributed by atoms with van der Waals surface area (Å²) >= 11 is 0. The maximum absolute atomic E-state index is 5.81. The molecule has 0 bridgehead atoms. The van der Waals surface area contributed by atoms with E-state index in [1.54, 1.807) is 0 Å². The molecule has 0 aliphatic carbocycles. The van der Waals surface area contributed by atoms with Crippen LogP contribution in [0.3, 0.4) is 0 Å². The Bertz CT molecular complexity index is 130. The van der Waals surface area contributed by atoms with E-state index in [0.717, 1.165) is 18.9 Å². The van der Waals surface area contributed by atoms with Crippen LogP contribution in [-0.2, 0) is 4.74 Å². The monoisotopic (exact) mass is 215 g/mol. The SMILES string of the molecule is CCCC(OCC)C(CCC(C)C)NC. The highest BCUT2D eigenvalue weighted by atomic mass is 16.5. The minimum Gasteiger partial charge on any atom is -0.377 e. The van der Waals surface area contributed by atoms with E-state index in [0.29, 0.717) is 12.1 Å². The average molecular weight is 215 g/mol. The molecule has 0 rings (SSSR count). The van der Waals surface area contributed by atoms with Crippen LogP contribution < -0.4 is 5.32 Å². The zero-order valence-electron chi connectivity index (χ0n) is 11.2. The molecule has 0 heterocycles. The van der Waals surface area contributed by atoms with E-state index in [2.05, 4.69) is 33.0 Å². The first-order valence-corrected chi connectivity index (χ1v) is 6.44. The molecule has 1 N–H and O–H groups in total. The molecule has 0 saturated carbocycles. The normalized spacial score (nSPS) is 15.6. The second kappa shape index (κ2) is 9.17. The highest BCUT2D eigenvalue weighted by molar-refractivity contribution is 4.76. The Morgan fingerprint density at radius 2 is 1.73 bits per heavy atom. The summed E-state index contributed by atoms with van der Waals surface area (Å²) in [5.41, 5.74) is 0. The highest BCUT2D eigenvalue weighted by Crippen LogP contribution is 2.15. The molecule has 15 heavy (non-hydrogen) atoms. The molecule has 0 amide bonds. The third-order valence-electron chi connectivity index (χ3n) is 2.83. The smallest absolute Gasteiger partial charge is 0.0727 e. The van der Waals surface area contributed by atoms with E-state index in [4.69, 9.17) is 4.74 Å². The van der Waals surface area contributed by atoms with Gasteiger partial charge in [-0.05, 0) is 39.2 Å². The predicted molar refractivity (Wildman–Crippen MR) is 67.2 cm³/mol. The van der Waals surface area contributed by atoms with Crippen LogP contribution in [0.5, 0.6) is 0 Å². The Balaban J connectivity index is 4.05. The number of hydrogen-bond acceptors (Lipinski definition) is 2. The van der Waals surface area contributed by atoms with E-state index in [1.807, 2.05) is 7.05 Å². The summed E-state index contributed by atoms with van der Waals surface area (Å²) in [7, 11) is 2.05. The van der Waals surface area contributed by atoms with Crippen LogP contribution in [-0.4, -0.2) is 25.8 Å². The van der Waals surface area contributed by atoms with Crippen molar-refractivity contribution in [2.45, 2.75) is 65.5 Å². The topological polar surface area (TPSA) is 21.3 Å². The standard InChI is InChI=1S/C13H29NO/c1-6-8-13(15-7-2)12(14-5)10-9-11(3)4/h11-14H,6-10H2,1-5H3. The van der Waals surface area contributed by atoms with E-state index in [1.165, 1.54) is 19.3 Å². The first-order chi connectivity index (χ1) is 7.15. The molecule has 0 saturated heterocycles. The summed E-state index contributed by atoms with van der Waals surface area (Å²) in [6.07, 6.45) is 5.25. The number of nitrogens with one attached hydrogen (secondary N) is 1. The molecule has 2 atom stereocenters. The van der Waals surface area contributed by atoms with Crippen molar-refractivity contribution in [2.24, 2.45) is 5.92 Å².